The Morgan fingerprint density at radius 3 is 0.981 bits per heavy atom. The van der Waals surface area contributed by atoms with Gasteiger partial charge in [0.1, 0.15) is 22.4 Å². The molecule has 14 heteroatoms. The first-order valence-electron chi connectivity index (χ1n) is 18.8. The number of ether oxygens (including phenoxy) is 4. The summed E-state index contributed by atoms with van der Waals surface area (Å²) in [6.07, 6.45) is 6.84. The van der Waals surface area contributed by atoms with Crippen molar-refractivity contribution >= 4 is 35.8 Å². The maximum Gasteiger partial charge on any atom is 0.413 e. The number of aliphatic imine (C=N–C) groups is 2. The van der Waals surface area contributed by atoms with Gasteiger partial charge >= 0.3 is 24.4 Å². The van der Waals surface area contributed by atoms with Crippen LogP contribution < -0.4 is 0 Å². The van der Waals surface area contributed by atoms with Crippen molar-refractivity contribution in [1.29, 1.82) is 0 Å². The van der Waals surface area contributed by atoms with Crippen LogP contribution in [0.5, 0.6) is 0 Å². The van der Waals surface area contributed by atoms with E-state index >= 15 is 0 Å². The number of rotatable bonds is 2. The Morgan fingerprint density at radius 1 is 0.481 bits per heavy atom. The van der Waals surface area contributed by atoms with Crippen molar-refractivity contribution < 1.29 is 38.1 Å². The van der Waals surface area contributed by atoms with E-state index in [4.69, 9.17) is 28.9 Å². The molecule has 3 aliphatic carbocycles. The highest BCUT2D eigenvalue weighted by Crippen LogP contribution is 2.41. The van der Waals surface area contributed by atoms with Crippen LogP contribution in [-0.4, -0.2) is 117 Å². The average Bonchev–Trinajstić information content (AvgIpc) is 3.61. The average molecular weight is 751 g/mol. The lowest BCUT2D eigenvalue weighted by Gasteiger charge is -2.32. The molecular weight excluding hydrogens is 692 g/mol. The molecule has 0 aromatic rings. The van der Waals surface area contributed by atoms with E-state index in [1.54, 1.807) is 83.1 Å². The number of amides is 4. The number of hydrogen-bond acceptors (Lipinski definition) is 10. The van der Waals surface area contributed by atoms with Gasteiger partial charge in [-0.2, -0.15) is 0 Å². The van der Waals surface area contributed by atoms with E-state index in [9.17, 15) is 19.2 Å². The monoisotopic (exact) mass is 750 g/mol. The molecule has 5 rings (SSSR count). The first kappa shape index (κ1) is 40.6. The minimum Gasteiger partial charge on any atom is -0.444 e. The highest BCUT2D eigenvalue weighted by atomic mass is 16.6. The lowest BCUT2D eigenvalue weighted by molar-refractivity contribution is -0.000133. The highest BCUT2D eigenvalue weighted by Gasteiger charge is 2.43. The SMILES string of the molecule is CC(C)(C)OC(=O)N1CCN(C(=O)OC(C)(C)C)C1N=C1C=C2CC3=CCC(=NC4N(C(=O)OC(C)(C)C)CCN4C(=O)OC(C)(C)C)C=C3CC2=CC1. The fraction of sp³-hybridized carbons (Fsp3) is 0.650. The number of nitrogens with zero attached hydrogens (tertiary/aromatic N) is 6. The van der Waals surface area contributed by atoms with Crippen LogP contribution in [0.25, 0.3) is 0 Å². The van der Waals surface area contributed by atoms with Gasteiger partial charge in [-0.15, -0.1) is 0 Å². The van der Waals surface area contributed by atoms with E-state index in [0.717, 1.165) is 22.6 Å². The molecule has 0 N–H and O–H groups in total. The Bertz CT molecular complexity index is 1530. The van der Waals surface area contributed by atoms with E-state index in [2.05, 4.69) is 24.3 Å². The van der Waals surface area contributed by atoms with E-state index in [1.807, 2.05) is 0 Å². The molecule has 0 aromatic heterocycles. The Labute approximate surface area is 319 Å². The van der Waals surface area contributed by atoms with Gasteiger partial charge in [-0.3, -0.25) is 19.6 Å². The minimum atomic E-state index is -0.903. The summed E-state index contributed by atoms with van der Waals surface area (Å²) in [5.41, 5.74) is 3.24. The molecule has 0 radical (unpaired) electrons. The second-order valence-corrected chi connectivity index (χ2v) is 18.2. The molecule has 0 bridgehead atoms. The molecule has 2 saturated heterocycles. The third-order valence-corrected chi connectivity index (χ3v) is 8.74. The molecule has 0 atom stereocenters. The molecule has 54 heavy (non-hydrogen) atoms. The van der Waals surface area contributed by atoms with Crippen LogP contribution in [0.4, 0.5) is 19.2 Å². The predicted molar refractivity (Wildman–Crippen MR) is 205 cm³/mol. The van der Waals surface area contributed by atoms with Gasteiger partial charge in [0, 0.05) is 50.4 Å². The van der Waals surface area contributed by atoms with Crippen molar-refractivity contribution in [2.45, 2.75) is 144 Å². The Balaban J connectivity index is 1.37. The Kier molecular flexibility index (Phi) is 11.2. The smallest absolute Gasteiger partial charge is 0.413 e. The number of hydrogen-bond donors (Lipinski definition) is 0. The van der Waals surface area contributed by atoms with Crippen LogP contribution in [0.3, 0.4) is 0 Å². The van der Waals surface area contributed by atoms with Crippen LogP contribution in [0.2, 0.25) is 0 Å². The zero-order valence-electron chi connectivity index (χ0n) is 34.1. The summed E-state index contributed by atoms with van der Waals surface area (Å²) in [6.45, 7) is 22.7. The quantitative estimate of drug-likeness (QED) is 0.261. The molecule has 0 spiro atoms. The molecule has 3 fully saturated rings. The van der Waals surface area contributed by atoms with Gasteiger partial charge in [0.25, 0.3) is 0 Å². The Hall–Kier alpha value is -4.62. The highest BCUT2D eigenvalue weighted by molar-refractivity contribution is 6.01. The number of allylic oxidation sites excluding steroid dienone is 8. The van der Waals surface area contributed by atoms with Crippen molar-refractivity contribution in [3.8, 4) is 0 Å². The molecule has 4 amide bonds. The van der Waals surface area contributed by atoms with Gasteiger partial charge in [0.15, 0.2) is 0 Å². The van der Waals surface area contributed by atoms with Crippen molar-refractivity contribution in [2.24, 2.45) is 9.98 Å². The lowest BCUT2D eigenvalue weighted by atomic mass is 9.76. The molecule has 0 unspecified atom stereocenters. The molecule has 296 valence electrons. The Morgan fingerprint density at radius 2 is 0.741 bits per heavy atom. The standard InChI is InChI=1S/C40H58N6O8/c1-37(2,3)51-33(47)43-17-18-44(34(48)52-38(4,5)6)31(43)41-29-15-13-25-22-28-24-30(16-14-26(28)21-27(25)23-29)42-32-45(35(49)53-39(7,8)9)19-20-46(32)36(50)54-40(10,11)12/h13-14,23-24,31-32H,15-22H2,1-12H3. The van der Waals surface area contributed by atoms with E-state index in [-0.39, 0.29) is 26.2 Å². The van der Waals surface area contributed by atoms with Gasteiger partial charge in [-0.1, -0.05) is 12.2 Å². The maximum atomic E-state index is 13.3. The zero-order chi connectivity index (χ0) is 40.0. The largest absolute Gasteiger partial charge is 0.444 e. The summed E-state index contributed by atoms with van der Waals surface area (Å²) < 4.78 is 22.7. The predicted octanol–water partition coefficient (Wildman–Crippen LogP) is 7.72. The van der Waals surface area contributed by atoms with Crippen LogP contribution in [0.1, 0.15) is 109 Å². The molecule has 14 nitrogen and oxygen atoms in total. The summed E-state index contributed by atoms with van der Waals surface area (Å²) in [5.74, 6) is 0. The van der Waals surface area contributed by atoms with Crippen LogP contribution in [0, 0.1) is 0 Å². The topological polar surface area (TPSA) is 143 Å². The first-order valence-corrected chi connectivity index (χ1v) is 18.8. The van der Waals surface area contributed by atoms with E-state index < -0.39 is 59.4 Å². The van der Waals surface area contributed by atoms with Crippen molar-refractivity contribution in [1.82, 2.24) is 19.6 Å². The van der Waals surface area contributed by atoms with Gasteiger partial charge in [0.05, 0.1) is 0 Å². The summed E-state index contributed by atoms with van der Waals surface area (Å²) in [5, 5.41) is 0. The van der Waals surface area contributed by atoms with Gasteiger partial charge < -0.3 is 18.9 Å². The molecule has 2 heterocycles. The van der Waals surface area contributed by atoms with Crippen LogP contribution in [0.15, 0.2) is 56.6 Å². The number of carbonyl (C=O) groups is 4. The first-order chi connectivity index (χ1) is 24.9. The fourth-order valence-corrected chi connectivity index (χ4v) is 6.54. The second-order valence-electron chi connectivity index (χ2n) is 18.2. The molecule has 0 aromatic carbocycles. The third-order valence-electron chi connectivity index (χ3n) is 8.74. The van der Waals surface area contributed by atoms with Gasteiger partial charge in [-0.05, 0) is 130 Å². The molecule has 5 aliphatic rings. The normalized spacial score (nSPS) is 21.6. The van der Waals surface area contributed by atoms with E-state index in [1.165, 1.54) is 30.7 Å². The fourth-order valence-electron chi connectivity index (χ4n) is 6.54. The summed E-state index contributed by atoms with van der Waals surface area (Å²) in [7, 11) is 0. The van der Waals surface area contributed by atoms with Crippen LogP contribution >= 0.6 is 0 Å². The minimum absolute atomic E-state index is 0.268. The van der Waals surface area contributed by atoms with Crippen molar-refractivity contribution in [3.05, 3.63) is 46.6 Å². The molecule has 2 aliphatic heterocycles. The van der Waals surface area contributed by atoms with Gasteiger partial charge in [0.2, 0.25) is 12.6 Å². The maximum absolute atomic E-state index is 13.3. The number of fused-ring (bicyclic) bond motifs is 2. The zero-order valence-corrected chi connectivity index (χ0v) is 34.1. The lowest BCUT2D eigenvalue weighted by Crippen LogP contribution is -2.47. The van der Waals surface area contributed by atoms with E-state index in [0.29, 0.717) is 25.7 Å². The van der Waals surface area contributed by atoms with Gasteiger partial charge in [-0.25, -0.2) is 29.2 Å². The summed E-state index contributed by atoms with van der Waals surface area (Å²) in [4.78, 5) is 68.8. The molecule has 1 saturated carbocycles. The summed E-state index contributed by atoms with van der Waals surface area (Å²) >= 11 is 0. The third kappa shape index (κ3) is 10.3. The van der Waals surface area contributed by atoms with Crippen molar-refractivity contribution in [2.75, 3.05) is 26.2 Å². The summed E-state index contributed by atoms with van der Waals surface area (Å²) in [6, 6.07) is 0. The van der Waals surface area contributed by atoms with Crippen LogP contribution in [-0.2, 0) is 18.9 Å². The molecular formula is C40H58N6O8. The van der Waals surface area contributed by atoms with Crippen molar-refractivity contribution in [3.63, 3.8) is 0 Å². The number of carbonyl (C=O) groups excluding carboxylic acids is 4. The second kappa shape index (κ2) is 14.9.